The fraction of sp³-hybridized carbons (Fsp3) is 0.214. The van der Waals surface area contributed by atoms with Gasteiger partial charge in [0.25, 0.3) is 0 Å². The summed E-state index contributed by atoms with van der Waals surface area (Å²) in [6, 6.07) is 9.47. The topological polar surface area (TPSA) is 78.3 Å². The Bertz CT molecular complexity index is 593. The maximum Gasteiger partial charge on any atom is 0.160 e. The lowest BCUT2D eigenvalue weighted by Crippen LogP contribution is -2.04. The molecule has 0 aliphatic heterocycles. The highest BCUT2D eigenvalue weighted by molar-refractivity contribution is 7.19. The number of carbonyl (C=O) groups excluding carboxylic acids is 1. The number of ketones is 1. The maximum absolute atomic E-state index is 11.6. The Morgan fingerprint density at radius 2 is 2.11 bits per heavy atom. The summed E-state index contributed by atoms with van der Waals surface area (Å²) in [5, 5.41) is 0.696. The van der Waals surface area contributed by atoms with Crippen LogP contribution in [-0.4, -0.2) is 12.5 Å². The molecular formula is C14H16N2O2S. The van der Waals surface area contributed by atoms with Gasteiger partial charge >= 0.3 is 0 Å². The van der Waals surface area contributed by atoms with Crippen LogP contribution >= 0.6 is 11.3 Å². The lowest BCUT2D eigenvalue weighted by atomic mass is 10.0. The van der Waals surface area contributed by atoms with E-state index in [1.165, 1.54) is 11.3 Å². The van der Waals surface area contributed by atoms with Crippen LogP contribution in [0.5, 0.6) is 0 Å². The molecule has 5 heteroatoms. The summed E-state index contributed by atoms with van der Waals surface area (Å²) in [5.74, 6) is 0.0438. The average molecular weight is 276 g/mol. The van der Waals surface area contributed by atoms with Crippen LogP contribution in [0, 0.1) is 0 Å². The number of carbonyl (C=O) groups is 1. The quantitative estimate of drug-likeness (QED) is 0.650. The van der Waals surface area contributed by atoms with E-state index in [4.69, 9.17) is 16.2 Å². The summed E-state index contributed by atoms with van der Waals surface area (Å²) in [7, 11) is 0. The monoisotopic (exact) mass is 276 g/mol. The molecular weight excluding hydrogens is 260 g/mol. The molecule has 0 aliphatic carbocycles. The zero-order valence-electron chi connectivity index (χ0n) is 10.7. The van der Waals surface area contributed by atoms with Gasteiger partial charge in [-0.05, 0) is 13.0 Å². The van der Waals surface area contributed by atoms with E-state index >= 15 is 0 Å². The molecule has 0 spiro atoms. The van der Waals surface area contributed by atoms with Gasteiger partial charge in [0.2, 0.25) is 0 Å². The molecule has 0 atom stereocenters. The van der Waals surface area contributed by atoms with Gasteiger partial charge in [-0.3, -0.25) is 4.79 Å². The summed E-state index contributed by atoms with van der Waals surface area (Å²) >= 11 is 1.45. The largest absolute Gasteiger partial charge is 0.390 e. The minimum atomic E-state index is 0.0438. The van der Waals surface area contributed by atoms with Crippen molar-refractivity contribution in [2.24, 2.45) is 5.73 Å². The molecule has 0 saturated heterocycles. The van der Waals surface area contributed by atoms with Crippen molar-refractivity contribution in [3.8, 4) is 10.4 Å². The molecule has 19 heavy (non-hydrogen) atoms. The van der Waals surface area contributed by atoms with E-state index in [0.29, 0.717) is 17.2 Å². The van der Waals surface area contributed by atoms with Gasteiger partial charge in [-0.1, -0.05) is 24.3 Å². The van der Waals surface area contributed by atoms with Crippen molar-refractivity contribution < 1.29 is 9.53 Å². The SMILES string of the molecule is CC(=O)c1ccccc1-c1cc(COCN)c(N)s1. The van der Waals surface area contributed by atoms with Crippen molar-refractivity contribution in [2.45, 2.75) is 13.5 Å². The lowest BCUT2D eigenvalue weighted by Gasteiger charge is -2.03. The first-order chi connectivity index (χ1) is 9.13. The molecule has 0 fully saturated rings. The Balaban J connectivity index is 2.40. The van der Waals surface area contributed by atoms with Crippen LogP contribution in [0.2, 0.25) is 0 Å². The minimum Gasteiger partial charge on any atom is -0.390 e. The van der Waals surface area contributed by atoms with Crippen molar-refractivity contribution in [1.29, 1.82) is 0 Å². The molecule has 2 rings (SSSR count). The van der Waals surface area contributed by atoms with Crippen LogP contribution in [0.1, 0.15) is 22.8 Å². The summed E-state index contributed by atoms with van der Waals surface area (Å²) in [4.78, 5) is 12.6. The van der Waals surface area contributed by atoms with E-state index in [2.05, 4.69) is 0 Å². The Morgan fingerprint density at radius 3 is 2.79 bits per heavy atom. The van der Waals surface area contributed by atoms with Gasteiger partial charge in [-0.15, -0.1) is 11.3 Å². The first-order valence-electron chi connectivity index (χ1n) is 5.89. The predicted molar refractivity (Wildman–Crippen MR) is 78.0 cm³/mol. The van der Waals surface area contributed by atoms with Crippen molar-refractivity contribution in [1.82, 2.24) is 0 Å². The molecule has 1 heterocycles. The minimum absolute atomic E-state index is 0.0438. The number of nitrogens with two attached hydrogens (primary N) is 2. The maximum atomic E-state index is 11.6. The Kier molecular flexibility index (Phi) is 4.31. The molecule has 1 aromatic carbocycles. The van der Waals surface area contributed by atoms with E-state index in [0.717, 1.165) is 16.0 Å². The summed E-state index contributed by atoms with van der Waals surface area (Å²) < 4.78 is 5.16. The van der Waals surface area contributed by atoms with E-state index in [1.54, 1.807) is 6.92 Å². The van der Waals surface area contributed by atoms with E-state index in [-0.39, 0.29) is 12.5 Å². The first-order valence-corrected chi connectivity index (χ1v) is 6.71. The molecule has 2 aromatic rings. The fourth-order valence-corrected chi connectivity index (χ4v) is 2.84. The standard InChI is InChI=1S/C14H16N2O2S/c1-9(17)11-4-2-3-5-12(11)13-6-10(7-18-8-15)14(16)19-13/h2-6H,7-8,15-16H2,1H3. The second kappa shape index (κ2) is 5.97. The average Bonchev–Trinajstić information content (AvgIpc) is 2.77. The molecule has 0 aliphatic rings. The number of hydrogen-bond acceptors (Lipinski definition) is 5. The van der Waals surface area contributed by atoms with Gasteiger partial charge in [0.05, 0.1) is 18.3 Å². The third-order valence-electron chi connectivity index (χ3n) is 2.79. The van der Waals surface area contributed by atoms with Crippen molar-refractivity contribution in [2.75, 3.05) is 12.5 Å². The second-order valence-corrected chi connectivity index (χ2v) is 5.20. The van der Waals surface area contributed by atoms with Gasteiger partial charge in [0.1, 0.15) is 0 Å². The predicted octanol–water partition coefficient (Wildman–Crippen LogP) is 2.63. The zero-order chi connectivity index (χ0) is 13.8. The third-order valence-corrected chi connectivity index (χ3v) is 3.83. The molecule has 0 unspecified atom stereocenters. The van der Waals surface area contributed by atoms with Crippen LogP contribution in [0.3, 0.4) is 0 Å². The van der Waals surface area contributed by atoms with Crippen LogP contribution in [0.4, 0.5) is 5.00 Å². The number of benzene rings is 1. The number of Topliss-reactive ketones (excluding diaryl/α,β-unsaturated/α-hetero) is 1. The summed E-state index contributed by atoms with van der Waals surface area (Å²) in [5.41, 5.74) is 13.8. The molecule has 0 radical (unpaired) electrons. The molecule has 4 nitrogen and oxygen atoms in total. The van der Waals surface area contributed by atoms with Crippen LogP contribution in [0.25, 0.3) is 10.4 Å². The summed E-state index contributed by atoms with van der Waals surface area (Å²) in [6.45, 7) is 2.12. The van der Waals surface area contributed by atoms with Crippen molar-refractivity contribution in [3.05, 3.63) is 41.5 Å². The number of ether oxygens (including phenoxy) is 1. The van der Waals surface area contributed by atoms with Crippen LogP contribution < -0.4 is 11.5 Å². The van der Waals surface area contributed by atoms with E-state index in [9.17, 15) is 4.79 Å². The zero-order valence-corrected chi connectivity index (χ0v) is 11.5. The first kappa shape index (κ1) is 13.7. The van der Waals surface area contributed by atoms with Gasteiger partial charge in [0, 0.05) is 21.6 Å². The number of nitrogen functional groups attached to an aromatic ring is 1. The van der Waals surface area contributed by atoms with Gasteiger partial charge in [0.15, 0.2) is 5.78 Å². The Hall–Kier alpha value is -1.69. The van der Waals surface area contributed by atoms with Crippen LogP contribution in [-0.2, 0) is 11.3 Å². The van der Waals surface area contributed by atoms with Crippen molar-refractivity contribution >= 4 is 22.1 Å². The molecule has 1 aromatic heterocycles. The van der Waals surface area contributed by atoms with Gasteiger partial charge < -0.3 is 16.2 Å². The Morgan fingerprint density at radius 1 is 1.37 bits per heavy atom. The lowest BCUT2D eigenvalue weighted by molar-refractivity contribution is 0.101. The van der Waals surface area contributed by atoms with Crippen molar-refractivity contribution in [3.63, 3.8) is 0 Å². The van der Waals surface area contributed by atoms with Gasteiger partial charge in [-0.25, -0.2) is 0 Å². The second-order valence-electron chi connectivity index (χ2n) is 4.12. The molecule has 4 N–H and O–H groups in total. The highest BCUT2D eigenvalue weighted by Gasteiger charge is 2.13. The fourth-order valence-electron chi connectivity index (χ4n) is 1.86. The number of hydrogen-bond donors (Lipinski definition) is 2. The molecule has 0 amide bonds. The molecule has 100 valence electrons. The van der Waals surface area contributed by atoms with E-state index in [1.807, 2.05) is 30.3 Å². The molecule has 0 bridgehead atoms. The molecule has 0 saturated carbocycles. The highest BCUT2D eigenvalue weighted by Crippen LogP contribution is 2.35. The number of rotatable bonds is 5. The van der Waals surface area contributed by atoms with Crippen LogP contribution in [0.15, 0.2) is 30.3 Å². The van der Waals surface area contributed by atoms with Gasteiger partial charge in [-0.2, -0.15) is 0 Å². The Labute approximate surface area is 116 Å². The number of anilines is 1. The van der Waals surface area contributed by atoms with E-state index < -0.39 is 0 Å². The summed E-state index contributed by atoms with van der Waals surface area (Å²) in [6.07, 6.45) is 0. The third kappa shape index (κ3) is 3.01. The highest BCUT2D eigenvalue weighted by atomic mass is 32.1. The smallest absolute Gasteiger partial charge is 0.160 e. The normalized spacial score (nSPS) is 10.6. The number of thiophene rings is 1.